The molecule has 0 aliphatic carbocycles. The number of carbonyl (C=O) groups is 2. The molecule has 1 atom stereocenters. The van der Waals surface area contributed by atoms with Crippen molar-refractivity contribution in [3.63, 3.8) is 0 Å². The van der Waals surface area contributed by atoms with Gasteiger partial charge >= 0.3 is 0 Å². The van der Waals surface area contributed by atoms with Crippen LogP contribution in [0.5, 0.6) is 0 Å². The van der Waals surface area contributed by atoms with Crippen LogP contribution in [-0.2, 0) is 9.59 Å². The number of aromatic nitrogens is 2. The summed E-state index contributed by atoms with van der Waals surface area (Å²) in [7, 11) is 0. The lowest BCUT2D eigenvalue weighted by Crippen LogP contribution is -2.34. The van der Waals surface area contributed by atoms with Crippen LogP contribution in [0.1, 0.15) is 43.9 Å². The standard InChI is InChI=1S/C29H30N4O3/c1-5-24(28(35)30-20-14-11-18(3)12-15-20)33-25-10-8-7-9-23(25)32-27(29(33)36)21-17-19(4)13-16-22(21)31-26(34)6-2/h7-17,24H,5-6H2,1-4H3,(H,30,35)(H,31,34). The van der Waals surface area contributed by atoms with Gasteiger partial charge in [0.15, 0.2) is 0 Å². The molecule has 1 unspecified atom stereocenters. The molecule has 0 saturated carbocycles. The number of hydrogen-bond donors (Lipinski definition) is 2. The number of hydrogen-bond acceptors (Lipinski definition) is 4. The molecule has 0 fully saturated rings. The van der Waals surface area contributed by atoms with E-state index in [2.05, 4.69) is 10.6 Å². The van der Waals surface area contributed by atoms with Crippen LogP contribution in [0.2, 0.25) is 0 Å². The topological polar surface area (TPSA) is 93.1 Å². The number of nitrogens with zero attached hydrogens (tertiary/aromatic N) is 2. The largest absolute Gasteiger partial charge is 0.325 e. The van der Waals surface area contributed by atoms with Gasteiger partial charge in [0.1, 0.15) is 11.7 Å². The first-order valence-corrected chi connectivity index (χ1v) is 12.1. The van der Waals surface area contributed by atoms with Crippen molar-refractivity contribution in [3.05, 3.63) is 88.2 Å². The third kappa shape index (κ3) is 5.05. The van der Waals surface area contributed by atoms with E-state index < -0.39 is 11.6 Å². The van der Waals surface area contributed by atoms with Crippen molar-refractivity contribution >= 4 is 34.2 Å². The van der Waals surface area contributed by atoms with Gasteiger partial charge in [-0.05, 0) is 56.7 Å². The van der Waals surface area contributed by atoms with E-state index >= 15 is 0 Å². The van der Waals surface area contributed by atoms with Crippen LogP contribution in [0, 0.1) is 13.8 Å². The second-order valence-electron chi connectivity index (χ2n) is 8.85. The summed E-state index contributed by atoms with van der Waals surface area (Å²) in [5.74, 6) is -0.445. The molecule has 1 heterocycles. The maximum absolute atomic E-state index is 14.0. The minimum Gasteiger partial charge on any atom is -0.325 e. The Balaban J connectivity index is 1.89. The second kappa shape index (κ2) is 10.6. The summed E-state index contributed by atoms with van der Waals surface area (Å²) < 4.78 is 1.52. The molecule has 36 heavy (non-hydrogen) atoms. The fourth-order valence-corrected chi connectivity index (χ4v) is 4.19. The molecule has 1 aromatic heterocycles. The maximum atomic E-state index is 14.0. The molecule has 2 amide bonds. The summed E-state index contributed by atoms with van der Waals surface area (Å²) in [5, 5.41) is 5.83. The van der Waals surface area contributed by atoms with Crippen LogP contribution in [0.3, 0.4) is 0 Å². The van der Waals surface area contributed by atoms with Crippen molar-refractivity contribution in [1.29, 1.82) is 0 Å². The monoisotopic (exact) mass is 482 g/mol. The highest BCUT2D eigenvalue weighted by Gasteiger charge is 2.25. The van der Waals surface area contributed by atoms with Gasteiger partial charge in [-0.3, -0.25) is 19.0 Å². The van der Waals surface area contributed by atoms with Gasteiger partial charge in [0.25, 0.3) is 5.56 Å². The van der Waals surface area contributed by atoms with Crippen LogP contribution in [0.4, 0.5) is 11.4 Å². The van der Waals surface area contributed by atoms with Crippen LogP contribution in [0.15, 0.2) is 71.5 Å². The Hall–Kier alpha value is -4.26. The van der Waals surface area contributed by atoms with Gasteiger partial charge in [-0.25, -0.2) is 4.98 Å². The predicted molar refractivity (Wildman–Crippen MR) is 144 cm³/mol. The predicted octanol–water partition coefficient (Wildman–Crippen LogP) is 5.62. The van der Waals surface area contributed by atoms with Crippen molar-refractivity contribution in [2.24, 2.45) is 0 Å². The molecule has 7 nitrogen and oxygen atoms in total. The number of anilines is 2. The summed E-state index contributed by atoms with van der Waals surface area (Å²) in [5.41, 5.74) is 4.66. The quantitative estimate of drug-likeness (QED) is 0.358. The van der Waals surface area contributed by atoms with E-state index in [0.717, 1.165) is 11.1 Å². The van der Waals surface area contributed by atoms with E-state index in [9.17, 15) is 14.4 Å². The molecule has 4 aromatic rings. The van der Waals surface area contributed by atoms with E-state index in [1.54, 1.807) is 19.1 Å². The third-order valence-electron chi connectivity index (χ3n) is 6.14. The molecule has 0 spiro atoms. The average molecular weight is 483 g/mol. The Kier molecular flexibility index (Phi) is 7.29. The lowest BCUT2D eigenvalue weighted by Gasteiger charge is -2.21. The molecule has 0 saturated heterocycles. The van der Waals surface area contributed by atoms with Gasteiger partial charge in [0, 0.05) is 17.7 Å². The van der Waals surface area contributed by atoms with Crippen molar-refractivity contribution in [3.8, 4) is 11.3 Å². The molecular weight excluding hydrogens is 452 g/mol. The van der Waals surface area contributed by atoms with Crippen molar-refractivity contribution in [2.45, 2.75) is 46.6 Å². The molecule has 2 N–H and O–H groups in total. The summed E-state index contributed by atoms with van der Waals surface area (Å²) >= 11 is 0. The summed E-state index contributed by atoms with van der Waals surface area (Å²) in [4.78, 5) is 44.3. The summed E-state index contributed by atoms with van der Waals surface area (Å²) in [6.45, 7) is 7.54. The zero-order chi connectivity index (χ0) is 25.8. The average Bonchev–Trinajstić information content (AvgIpc) is 2.88. The van der Waals surface area contributed by atoms with Crippen LogP contribution in [0.25, 0.3) is 22.3 Å². The number of rotatable bonds is 7. The number of amides is 2. The van der Waals surface area contributed by atoms with Crippen LogP contribution in [-0.4, -0.2) is 21.4 Å². The van der Waals surface area contributed by atoms with E-state index in [1.165, 1.54) is 4.57 Å². The Morgan fingerprint density at radius 2 is 1.61 bits per heavy atom. The number of para-hydroxylation sites is 2. The number of aryl methyl sites for hydroxylation is 2. The zero-order valence-electron chi connectivity index (χ0n) is 21.0. The van der Waals surface area contributed by atoms with Crippen molar-refractivity contribution in [2.75, 3.05) is 10.6 Å². The number of carbonyl (C=O) groups excluding carboxylic acids is 2. The Bertz CT molecular complexity index is 1490. The van der Waals surface area contributed by atoms with Crippen molar-refractivity contribution in [1.82, 2.24) is 9.55 Å². The second-order valence-corrected chi connectivity index (χ2v) is 8.85. The highest BCUT2D eigenvalue weighted by atomic mass is 16.2. The smallest absolute Gasteiger partial charge is 0.278 e. The lowest BCUT2D eigenvalue weighted by atomic mass is 10.0. The Morgan fingerprint density at radius 1 is 0.917 bits per heavy atom. The minimum atomic E-state index is -0.760. The molecular formula is C29H30N4O3. The normalized spacial score (nSPS) is 11.8. The minimum absolute atomic E-state index is 0.162. The van der Waals surface area contributed by atoms with Gasteiger partial charge in [0.05, 0.1) is 16.7 Å². The Labute approximate surface area is 210 Å². The van der Waals surface area contributed by atoms with Gasteiger partial charge in [-0.15, -0.1) is 0 Å². The van der Waals surface area contributed by atoms with E-state index in [4.69, 9.17) is 4.98 Å². The molecule has 184 valence electrons. The third-order valence-corrected chi connectivity index (χ3v) is 6.14. The van der Waals surface area contributed by atoms with E-state index in [0.29, 0.717) is 40.8 Å². The summed E-state index contributed by atoms with van der Waals surface area (Å²) in [6, 6.07) is 19.5. The molecule has 7 heteroatoms. The van der Waals surface area contributed by atoms with Gasteiger partial charge in [-0.1, -0.05) is 55.3 Å². The SMILES string of the molecule is CCC(=O)Nc1ccc(C)cc1-c1nc2ccccc2n(C(CC)C(=O)Nc2ccc(C)cc2)c1=O. The first-order valence-electron chi connectivity index (χ1n) is 12.1. The maximum Gasteiger partial charge on any atom is 0.278 e. The van der Waals surface area contributed by atoms with Gasteiger partial charge in [-0.2, -0.15) is 0 Å². The Morgan fingerprint density at radius 3 is 2.31 bits per heavy atom. The van der Waals surface area contributed by atoms with Gasteiger partial charge < -0.3 is 10.6 Å². The van der Waals surface area contributed by atoms with Gasteiger partial charge in [0.2, 0.25) is 11.8 Å². The highest BCUT2D eigenvalue weighted by Crippen LogP contribution is 2.29. The number of nitrogens with one attached hydrogen (secondary N) is 2. The van der Waals surface area contributed by atoms with E-state index in [-0.39, 0.29) is 17.5 Å². The molecule has 0 aliphatic rings. The first-order chi connectivity index (χ1) is 17.3. The molecule has 4 rings (SSSR count). The number of benzene rings is 3. The number of fused-ring (bicyclic) bond motifs is 1. The van der Waals surface area contributed by atoms with Crippen LogP contribution >= 0.6 is 0 Å². The zero-order valence-corrected chi connectivity index (χ0v) is 21.0. The fraction of sp³-hybridized carbons (Fsp3) is 0.241. The van der Waals surface area contributed by atoms with E-state index in [1.807, 2.05) is 75.4 Å². The van der Waals surface area contributed by atoms with Crippen molar-refractivity contribution < 1.29 is 9.59 Å². The fourth-order valence-electron chi connectivity index (χ4n) is 4.19. The highest BCUT2D eigenvalue weighted by molar-refractivity contribution is 5.97. The molecule has 0 bridgehead atoms. The molecule has 3 aromatic carbocycles. The lowest BCUT2D eigenvalue weighted by molar-refractivity contribution is -0.119. The summed E-state index contributed by atoms with van der Waals surface area (Å²) in [6.07, 6.45) is 0.706. The first kappa shape index (κ1) is 24.9. The molecule has 0 aliphatic heterocycles. The van der Waals surface area contributed by atoms with Crippen LogP contribution < -0.4 is 16.2 Å². The molecule has 0 radical (unpaired) electrons.